The average Bonchev–Trinajstić information content (AvgIpc) is 3.06. The van der Waals surface area contributed by atoms with Crippen LogP contribution in [0.4, 0.5) is 4.79 Å². The summed E-state index contributed by atoms with van der Waals surface area (Å²) in [6.07, 6.45) is 4.19. The van der Waals surface area contributed by atoms with Crippen LogP contribution in [0.1, 0.15) is 23.7 Å². The first-order valence-corrected chi connectivity index (χ1v) is 12.4. The lowest BCUT2D eigenvalue weighted by Gasteiger charge is -2.09. The fourth-order valence-electron chi connectivity index (χ4n) is 2.66. The first-order valence-electron chi connectivity index (χ1n) is 9.93. The van der Waals surface area contributed by atoms with E-state index in [1.807, 2.05) is 36.5 Å². The van der Waals surface area contributed by atoms with Crippen LogP contribution in [-0.4, -0.2) is 58.4 Å². The summed E-state index contributed by atoms with van der Waals surface area (Å²) in [4.78, 5) is 27.2. The number of nitrogens with one attached hydrogen (secondary N) is 1. The Kier molecular flexibility index (Phi) is 10.1. The third-order valence-electron chi connectivity index (χ3n) is 4.38. The fraction of sp³-hybridized carbons (Fsp3) is 0.381. The molecule has 2 amide bonds. The van der Waals surface area contributed by atoms with Crippen LogP contribution in [0, 0.1) is 0 Å². The minimum Gasteiger partial charge on any atom is -0.493 e. The van der Waals surface area contributed by atoms with E-state index < -0.39 is 22.5 Å². The Labute approximate surface area is 191 Å². The number of nitrogens with zero attached hydrogens (tertiary/aromatic N) is 1. The molecule has 3 N–H and O–H groups in total. The number of rotatable bonds is 9. The van der Waals surface area contributed by atoms with E-state index in [0.29, 0.717) is 13.0 Å². The number of hydrogen-bond donors (Lipinski definition) is 3. The lowest BCUT2D eigenvalue weighted by atomic mass is 10.1. The first kappa shape index (κ1) is 25.8. The van der Waals surface area contributed by atoms with Gasteiger partial charge in [-0.05, 0) is 42.2 Å². The van der Waals surface area contributed by atoms with Crippen molar-refractivity contribution in [3.05, 3.63) is 59.4 Å². The first-order chi connectivity index (χ1) is 15.2. The molecule has 32 heavy (non-hydrogen) atoms. The lowest BCUT2D eigenvalue weighted by molar-refractivity contribution is -0.118. The highest BCUT2D eigenvalue weighted by Gasteiger charge is 2.31. The monoisotopic (exact) mass is 482 g/mol. The smallest absolute Gasteiger partial charge is 0.286 e. The molecule has 0 spiro atoms. The van der Waals surface area contributed by atoms with Crippen molar-refractivity contribution in [2.75, 3.05) is 19.0 Å². The summed E-state index contributed by atoms with van der Waals surface area (Å²) in [5.41, 5.74) is 3.25. The molecule has 1 saturated heterocycles. The lowest BCUT2D eigenvalue weighted by Crippen LogP contribution is -2.25. The van der Waals surface area contributed by atoms with Crippen LogP contribution < -0.4 is 10.1 Å². The molecular formula is C21H26N2O7S2. The molecule has 1 aromatic carbocycles. The van der Waals surface area contributed by atoms with Crippen molar-refractivity contribution in [2.45, 2.75) is 31.4 Å². The quantitative estimate of drug-likeness (QED) is 0.457. The van der Waals surface area contributed by atoms with Gasteiger partial charge in [-0.15, -0.1) is 0 Å². The van der Waals surface area contributed by atoms with Gasteiger partial charge in [0.25, 0.3) is 15.4 Å². The van der Waals surface area contributed by atoms with Crippen molar-refractivity contribution in [1.29, 1.82) is 0 Å². The topological polar surface area (TPSA) is 143 Å². The highest BCUT2D eigenvalue weighted by molar-refractivity contribution is 8.15. The number of thioether (sulfide) groups is 1. The number of aliphatic hydroxyl groups is 1. The Morgan fingerprint density at radius 1 is 1.12 bits per heavy atom. The molecule has 2 aromatic rings. The Morgan fingerprint density at radius 2 is 1.81 bits per heavy atom. The molecule has 3 rings (SSSR count). The van der Waals surface area contributed by atoms with Crippen LogP contribution in [0.3, 0.4) is 0 Å². The van der Waals surface area contributed by atoms with Gasteiger partial charge in [0, 0.05) is 18.3 Å². The van der Waals surface area contributed by atoms with E-state index in [-0.39, 0.29) is 16.4 Å². The molecule has 0 saturated carbocycles. The fourth-order valence-corrected chi connectivity index (χ4v) is 3.75. The SMILES string of the molecule is CCc1ccc(CCOc2ccc(CC3SC(=O)NC3=O)cc2)nc1.O=S(=O)(O)CCO. The highest BCUT2D eigenvalue weighted by Crippen LogP contribution is 2.23. The summed E-state index contributed by atoms with van der Waals surface area (Å²) in [5, 5.41) is 9.56. The number of imide groups is 1. The van der Waals surface area contributed by atoms with E-state index in [1.165, 1.54) is 5.56 Å². The van der Waals surface area contributed by atoms with Crippen molar-refractivity contribution < 1.29 is 32.4 Å². The highest BCUT2D eigenvalue weighted by atomic mass is 32.2. The zero-order valence-corrected chi connectivity index (χ0v) is 19.2. The molecule has 9 nitrogen and oxygen atoms in total. The summed E-state index contributed by atoms with van der Waals surface area (Å²) in [5.74, 6) is -0.00190. The Hall–Kier alpha value is -2.47. The second kappa shape index (κ2) is 12.5. The summed E-state index contributed by atoms with van der Waals surface area (Å²) in [6.45, 7) is 2.14. The molecule has 174 valence electrons. The predicted octanol–water partition coefficient (Wildman–Crippen LogP) is 2.03. The molecule has 1 aliphatic heterocycles. The summed E-state index contributed by atoms with van der Waals surface area (Å²) in [6, 6.07) is 11.8. The third-order valence-corrected chi connectivity index (χ3v) is 6.06. The number of aliphatic hydroxyl groups excluding tert-OH is 1. The van der Waals surface area contributed by atoms with E-state index in [9.17, 15) is 18.0 Å². The molecule has 1 aromatic heterocycles. The van der Waals surface area contributed by atoms with Crippen molar-refractivity contribution in [3.8, 4) is 5.75 Å². The molecule has 0 radical (unpaired) electrons. The molecule has 1 aliphatic rings. The minimum absolute atomic E-state index is 0.211. The molecule has 2 heterocycles. The van der Waals surface area contributed by atoms with Gasteiger partial charge in [-0.2, -0.15) is 8.42 Å². The second-order valence-electron chi connectivity index (χ2n) is 6.85. The van der Waals surface area contributed by atoms with Crippen LogP contribution in [0.2, 0.25) is 0 Å². The number of carbonyl (C=O) groups excluding carboxylic acids is 2. The van der Waals surface area contributed by atoms with E-state index in [2.05, 4.69) is 23.3 Å². The molecule has 1 atom stereocenters. The number of amides is 2. The van der Waals surface area contributed by atoms with Crippen molar-refractivity contribution in [2.24, 2.45) is 0 Å². The number of benzene rings is 1. The number of ether oxygens (including phenoxy) is 1. The summed E-state index contributed by atoms with van der Waals surface area (Å²) in [7, 11) is -3.92. The number of hydrogen-bond acceptors (Lipinski definition) is 8. The molecular weight excluding hydrogens is 456 g/mol. The van der Waals surface area contributed by atoms with Gasteiger partial charge < -0.3 is 9.84 Å². The van der Waals surface area contributed by atoms with E-state index in [4.69, 9.17) is 14.4 Å². The maximum absolute atomic E-state index is 11.6. The van der Waals surface area contributed by atoms with Gasteiger partial charge in [0.15, 0.2) is 0 Å². The molecule has 11 heteroatoms. The van der Waals surface area contributed by atoms with Crippen LogP contribution in [0.5, 0.6) is 5.75 Å². The summed E-state index contributed by atoms with van der Waals surface area (Å²) < 4.78 is 32.8. The standard InChI is InChI=1S/C19H20N2O3S.C2H6O4S/c1-2-13-3-6-15(20-12-13)9-10-24-16-7-4-14(5-8-16)11-17-18(22)21-19(23)25-17;3-1-2-7(4,5)6/h3-8,12,17H,2,9-11H2,1H3,(H,21,22,23);3H,1-2H2,(H,4,5,6). The van der Waals surface area contributed by atoms with Crippen LogP contribution in [-0.2, 0) is 34.2 Å². The van der Waals surface area contributed by atoms with Gasteiger partial charge in [-0.25, -0.2) is 0 Å². The number of aryl methyl sites for hydroxylation is 1. The van der Waals surface area contributed by atoms with Gasteiger partial charge in [0.2, 0.25) is 5.91 Å². The van der Waals surface area contributed by atoms with E-state index in [1.54, 1.807) is 0 Å². The maximum Gasteiger partial charge on any atom is 0.286 e. The zero-order chi connectivity index (χ0) is 23.6. The predicted molar refractivity (Wildman–Crippen MR) is 121 cm³/mol. The third kappa shape index (κ3) is 9.35. The molecule has 0 bridgehead atoms. The zero-order valence-electron chi connectivity index (χ0n) is 17.6. The normalized spacial score (nSPS) is 15.7. The van der Waals surface area contributed by atoms with Crippen LogP contribution in [0.25, 0.3) is 0 Å². The Morgan fingerprint density at radius 3 is 2.28 bits per heavy atom. The number of aromatic nitrogens is 1. The number of carbonyl (C=O) groups is 2. The van der Waals surface area contributed by atoms with Gasteiger partial charge in [-0.1, -0.05) is 36.9 Å². The van der Waals surface area contributed by atoms with Crippen LogP contribution >= 0.6 is 11.8 Å². The van der Waals surface area contributed by atoms with Crippen molar-refractivity contribution in [1.82, 2.24) is 10.3 Å². The largest absolute Gasteiger partial charge is 0.493 e. The van der Waals surface area contributed by atoms with Gasteiger partial charge in [0.1, 0.15) is 5.75 Å². The molecule has 1 fully saturated rings. The van der Waals surface area contributed by atoms with Crippen molar-refractivity contribution >= 4 is 33.0 Å². The van der Waals surface area contributed by atoms with Gasteiger partial charge in [-0.3, -0.25) is 24.4 Å². The number of pyridine rings is 1. The average molecular weight is 483 g/mol. The van der Waals surface area contributed by atoms with Crippen LogP contribution in [0.15, 0.2) is 42.6 Å². The maximum atomic E-state index is 11.6. The van der Waals surface area contributed by atoms with Gasteiger partial charge in [0.05, 0.1) is 24.2 Å². The van der Waals surface area contributed by atoms with E-state index >= 15 is 0 Å². The molecule has 0 aliphatic carbocycles. The van der Waals surface area contributed by atoms with Gasteiger partial charge >= 0.3 is 0 Å². The van der Waals surface area contributed by atoms with E-state index in [0.717, 1.165) is 41.6 Å². The Balaban J connectivity index is 0.000000451. The molecule has 1 unspecified atom stereocenters. The summed E-state index contributed by atoms with van der Waals surface area (Å²) >= 11 is 1.05. The minimum atomic E-state index is -3.92. The second-order valence-corrected chi connectivity index (χ2v) is 9.60. The Bertz CT molecular complexity index is 994. The van der Waals surface area contributed by atoms with Crippen molar-refractivity contribution in [3.63, 3.8) is 0 Å².